The van der Waals surface area contributed by atoms with Gasteiger partial charge in [-0.05, 0) is 38.9 Å². The first-order valence-electron chi connectivity index (χ1n) is 9.36. The minimum absolute atomic E-state index is 0.0254. The van der Waals surface area contributed by atoms with Gasteiger partial charge in [-0.3, -0.25) is 9.69 Å². The Labute approximate surface area is 155 Å². The smallest absolute Gasteiger partial charge is 0.325 e. The average molecular weight is 359 g/mol. The van der Waals surface area contributed by atoms with Gasteiger partial charge in [0.15, 0.2) is 0 Å². The Balaban J connectivity index is 1.63. The van der Waals surface area contributed by atoms with Gasteiger partial charge in [-0.15, -0.1) is 0 Å². The quantitative estimate of drug-likeness (QED) is 0.600. The van der Waals surface area contributed by atoms with E-state index in [1.165, 1.54) is 5.56 Å². The summed E-state index contributed by atoms with van der Waals surface area (Å²) in [4.78, 5) is 28.1. The molecular formula is C20H29N3O3. The lowest BCUT2D eigenvalue weighted by Crippen LogP contribution is -2.66. The number of rotatable bonds is 7. The van der Waals surface area contributed by atoms with Crippen LogP contribution in [0.2, 0.25) is 0 Å². The van der Waals surface area contributed by atoms with E-state index in [1.807, 2.05) is 13.0 Å². The minimum atomic E-state index is -0.327. The van der Waals surface area contributed by atoms with Crippen molar-refractivity contribution in [3.05, 3.63) is 35.9 Å². The first kappa shape index (κ1) is 18.7. The predicted octanol–water partition coefficient (Wildman–Crippen LogP) is 2.34. The fourth-order valence-electron chi connectivity index (χ4n) is 4.24. The summed E-state index contributed by atoms with van der Waals surface area (Å²) in [6.07, 6.45) is 3.51. The van der Waals surface area contributed by atoms with Crippen LogP contribution in [-0.2, 0) is 15.1 Å². The van der Waals surface area contributed by atoms with E-state index in [4.69, 9.17) is 4.74 Å². The highest BCUT2D eigenvalue weighted by atomic mass is 16.5. The van der Waals surface area contributed by atoms with Crippen molar-refractivity contribution in [3.8, 4) is 0 Å². The molecule has 1 N–H and O–H groups in total. The van der Waals surface area contributed by atoms with Gasteiger partial charge in [0.2, 0.25) is 0 Å². The van der Waals surface area contributed by atoms with E-state index in [2.05, 4.69) is 48.6 Å². The van der Waals surface area contributed by atoms with Crippen molar-refractivity contribution in [1.82, 2.24) is 15.1 Å². The molecule has 1 aliphatic carbocycles. The lowest BCUT2D eigenvalue weighted by Gasteiger charge is -2.57. The molecule has 1 heterocycles. The molecule has 1 spiro atoms. The largest absolute Gasteiger partial charge is 0.464 e. The van der Waals surface area contributed by atoms with E-state index in [0.717, 1.165) is 25.7 Å². The Morgan fingerprint density at radius 3 is 2.58 bits per heavy atom. The van der Waals surface area contributed by atoms with Crippen LogP contribution in [0.1, 0.15) is 38.2 Å². The number of amides is 2. The summed E-state index contributed by atoms with van der Waals surface area (Å²) >= 11 is 0. The molecule has 0 radical (unpaired) electrons. The third kappa shape index (κ3) is 3.43. The zero-order valence-corrected chi connectivity index (χ0v) is 16.0. The van der Waals surface area contributed by atoms with Gasteiger partial charge in [-0.1, -0.05) is 43.7 Å². The SMILES string of the molecule is CCCCOC(=O)CN1C[C@]2(C[C@](c3ccccc3)(N(C)C)C2)NC1=O. The number of hydrogen-bond donors (Lipinski definition) is 1. The number of ether oxygens (including phenoxy) is 1. The molecule has 2 fully saturated rings. The zero-order valence-electron chi connectivity index (χ0n) is 16.0. The van der Waals surface area contributed by atoms with Crippen LogP contribution in [0.4, 0.5) is 4.79 Å². The molecular weight excluding hydrogens is 330 g/mol. The van der Waals surface area contributed by atoms with E-state index in [-0.39, 0.29) is 29.6 Å². The normalized spacial score (nSPS) is 27.5. The van der Waals surface area contributed by atoms with Crippen LogP contribution >= 0.6 is 0 Å². The van der Waals surface area contributed by atoms with Crippen molar-refractivity contribution in [2.24, 2.45) is 0 Å². The number of hydrogen-bond acceptors (Lipinski definition) is 4. The number of benzene rings is 1. The Morgan fingerprint density at radius 2 is 1.96 bits per heavy atom. The molecule has 1 aromatic carbocycles. The molecule has 1 saturated heterocycles. The summed E-state index contributed by atoms with van der Waals surface area (Å²) in [6.45, 7) is 3.05. The third-order valence-corrected chi connectivity index (χ3v) is 5.66. The monoisotopic (exact) mass is 359 g/mol. The van der Waals surface area contributed by atoms with Gasteiger partial charge in [0.05, 0.1) is 17.7 Å². The minimum Gasteiger partial charge on any atom is -0.464 e. The van der Waals surface area contributed by atoms with E-state index >= 15 is 0 Å². The Bertz CT molecular complexity index is 654. The molecule has 0 bridgehead atoms. The average Bonchev–Trinajstić information content (AvgIpc) is 2.90. The first-order chi connectivity index (χ1) is 12.4. The second-order valence-electron chi connectivity index (χ2n) is 7.79. The Morgan fingerprint density at radius 1 is 1.27 bits per heavy atom. The van der Waals surface area contributed by atoms with Gasteiger partial charge in [-0.2, -0.15) is 0 Å². The first-order valence-corrected chi connectivity index (χ1v) is 9.36. The predicted molar refractivity (Wildman–Crippen MR) is 99.7 cm³/mol. The van der Waals surface area contributed by atoms with Crippen LogP contribution in [0, 0.1) is 0 Å². The highest BCUT2D eigenvalue weighted by Crippen LogP contribution is 2.53. The molecule has 1 saturated carbocycles. The molecule has 0 atom stereocenters. The number of nitrogens with one attached hydrogen (secondary N) is 1. The van der Waals surface area contributed by atoms with Gasteiger partial charge >= 0.3 is 12.0 Å². The molecule has 6 nitrogen and oxygen atoms in total. The molecule has 0 aromatic heterocycles. The highest BCUT2D eigenvalue weighted by Gasteiger charge is 2.61. The van der Waals surface area contributed by atoms with E-state index in [9.17, 15) is 9.59 Å². The number of unbranched alkanes of at least 4 members (excludes halogenated alkanes) is 1. The standard InChI is InChI=1S/C20H29N3O3/c1-4-5-11-26-17(24)12-23-15-19(21-18(23)25)13-20(14-19,22(2)3)16-9-7-6-8-10-16/h6-10H,4-5,11-15H2,1-3H3,(H,21,25)/t19-,20+. The van der Waals surface area contributed by atoms with Crippen LogP contribution in [0.3, 0.4) is 0 Å². The fraction of sp³-hybridized carbons (Fsp3) is 0.600. The Kier molecular flexibility index (Phi) is 5.23. The second-order valence-corrected chi connectivity index (χ2v) is 7.79. The number of esters is 1. The van der Waals surface area contributed by atoms with E-state index < -0.39 is 0 Å². The van der Waals surface area contributed by atoms with Gasteiger partial charge in [0, 0.05) is 6.54 Å². The molecule has 2 amide bonds. The lowest BCUT2D eigenvalue weighted by molar-refractivity contribution is -0.144. The molecule has 1 aromatic rings. The van der Waals surface area contributed by atoms with Crippen molar-refractivity contribution in [1.29, 1.82) is 0 Å². The van der Waals surface area contributed by atoms with Gasteiger partial charge in [-0.25, -0.2) is 4.79 Å². The van der Waals surface area contributed by atoms with Gasteiger partial charge in [0.1, 0.15) is 6.54 Å². The summed E-state index contributed by atoms with van der Waals surface area (Å²) in [5, 5.41) is 3.12. The number of nitrogens with zero attached hydrogens (tertiary/aromatic N) is 2. The Hall–Kier alpha value is -2.08. The maximum atomic E-state index is 12.4. The highest BCUT2D eigenvalue weighted by molar-refractivity contribution is 5.83. The van der Waals surface area contributed by atoms with Crippen molar-refractivity contribution in [3.63, 3.8) is 0 Å². The molecule has 142 valence electrons. The number of carbonyl (C=O) groups excluding carboxylic acids is 2. The fourth-order valence-corrected chi connectivity index (χ4v) is 4.24. The van der Waals surface area contributed by atoms with Gasteiger partial charge in [0.25, 0.3) is 0 Å². The summed E-state index contributed by atoms with van der Waals surface area (Å²) < 4.78 is 5.19. The molecule has 0 unspecified atom stereocenters. The number of urea groups is 1. The maximum absolute atomic E-state index is 12.4. The molecule has 1 aliphatic heterocycles. The summed E-state index contributed by atoms with van der Waals surface area (Å²) in [7, 11) is 4.17. The van der Waals surface area contributed by atoms with Crippen LogP contribution in [0.15, 0.2) is 30.3 Å². The third-order valence-electron chi connectivity index (χ3n) is 5.66. The lowest BCUT2D eigenvalue weighted by atomic mass is 9.59. The van der Waals surface area contributed by atoms with Crippen LogP contribution in [0.25, 0.3) is 0 Å². The number of carbonyl (C=O) groups is 2. The topological polar surface area (TPSA) is 61.9 Å². The summed E-state index contributed by atoms with van der Waals surface area (Å²) in [5.41, 5.74) is 0.926. The van der Waals surface area contributed by atoms with Crippen molar-refractivity contribution >= 4 is 12.0 Å². The molecule has 6 heteroatoms. The maximum Gasteiger partial charge on any atom is 0.325 e. The van der Waals surface area contributed by atoms with Crippen molar-refractivity contribution in [2.75, 3.05) is 33.8 Å². The van der Waals surface area contributed by atoms with Crippen LogP contribution in [0.5, 0.6) is 0 Å². The molecule has 3 rings (SSSR count). The second kappa shape index (κ2) is 7.27. The molecule has 26 heavy (non-hydrogen) atoms. The summed E-state index contributed by atoms with van der Waals surface area (Å²) in [5.74, 6) is -0.327. The van der Waals surface area contributed by atoms with Crippen LogP contribution in [-0.4, -0.2) is 61.1 Å². The summed E-state index contributed by atoms with van der Waals surface area (Å²) in [6, 6.07) is 10.2. The van der Waals surface area contributed by atoms with Crippen molar-refractivity contribution < 1.29 is 14.3 Å². The van der Waals surface area contributed by atoms with Gasteiger partial charge < -0.3 is 15.0 Å². The zero-order chi connectivity index (χ0) is 18.8. The van der Waals surface area contributed by atoms with Crippen molar-refractivity contribution in [2.45, 2.75) is 43.7 Å². The van der Waals surface area contributed by atoms with E-state index in [0.29, 0.717) is 13.2 Å². The molecule has 2 aliphatic rings. The van der Waals surface area contributed by atoms with E-state index in [1.54, 1.807) is 4.90 Å². The van der Waals surface area contributed by atoms with Crippen LogP contribution < -0.4 is 5.32 Å².